The first-order valence-electron chi connectivity index (χ1n) is 7.06. The van der Waals surface area contributed by atoms with Gasteiger partial charge in [-0.3, -0.25) is 4.79 Å². The van der Waals surface area contributed by atoms with Crippen LogP contribution in [-0.4, -0.2) is 22.8 Å². The third kappa shape index (κ3) is 3.17. The molecule has 0 atom stereocenters. The fraction of sp³-hybridized carbons (Fsp3) is 0.176. The van der Waals surface area contributed by atoms with Gasteiger partial charge in [0.1, 0.15) is 11.5 Å². The monoisotopic (exact) mass is 330 g/mol. The van der Waals surface area contributed by atoms with E-state index in [0.717, 1.165) is 4.88 Å². The molecule has 6 heteroatoms. The number of furan rings is 1. The highest BCUT2D eigenvalue weighted by Gasteiger charge is 2.21. The quantitative estimate of drug-likeness (QED) is 0.723. The highest BCUT2D eigenvalue weighted by molar-refractivity contribution is 7.15. The molecule has 0 bridgehead atoms. The molecule has 0 fully saturated rings. The van der Waals surface area contributed by atoms with Crippen LogP contribution < -0.4 is 0 Å². The minimum absolute atomic E-state index is 0.193. The molecule has 0 radical (unpaired) electrons. The molecule has 2 aromatic heterocycles. The number of carbonyl (C=O) groups is 1. The number of thiazole rings is 1. The van der Waals surface area contributed by atoms with Gasteiger partial charge in [-0.2, -0.15) is 0 Å². The van der Waals surface area contributed by atoms with Gasteiger partial charge >= 0.3 is 0 Å². The van der Waals surface area contributed by atoms with Gasteiger partial charge in [-0.15, -0.1) is 11.3 Å². The van der Waals surface area contributed by atoms with Gasteiger partial charge < -0.3 is 9.32 Å². The summed E-state index contributed by atoms with van der Waals surface area (Å²) in [6.07, 6.45) is 1.57. The second kappa shape index (κ2) is 6.34. The van der Waals surface area contributed by atoms with Crippen molar-refractivity contribution in [3.05, 3.63) is 64.6 Å². The predicted octanol–water partition coefficient (Wildman–Crippen LogP) is 4.12. The Hall–Kier alpha value is -2.47. The molecule has 0 saturated carbocycles. The van der Waals surface area contributed by atoms with E-state index in [4.69, 9.17) is 4.42 Å². The second-order valence-corrected chi connectivity index (χ2v) is 6.36. The molecule has 0 unspecified atom stereocenters. The molecule has 0 saturated heterocycles. The van der Waals surface area contributed by atoms with Crippen LogP contribution in [0.1, 0.15) is 20.9 Å². The summed E-state index contributed by atoms with van der Waals surface area (Å²) in [5.74, 6) is 0.0761. The number of carbonyl (C=O) groups excluding carboxylic acids is 1. The molecular weight excluding hydrogens is 315 g/mol. The van der Waals surface area contributed by atoms with Crippen LogP contribution in [-0.2, 0) is 6.54 Å². The van der Waals surface area contributed by atoms with E-state index in [9.17, 15) is 9.18 Å². The van der Waals surface area contributed by atoms with Crippen molar-refractivity contribution in [1.29, 1.82) is 0 Å². The SMILES string of the molecule is Cc1sc(-c2ccco2)nc1C(=O)N(C)Cc1ccccc1F. The number of halogens is 1. The van der Waals surface area contributed by atoms with Gasteiger partial charge in [-0.1, -0.05) is 18.2 Å². The number of aryl methyl sites for hydroxylation is 1. The number of aromatic nitrogens is 1. The molecule has 0 spiro atoms. The predicted molar refractivity (Wildman–Crippen MR) is 86.8 cm³/mol. The Morgan fingerprint density at radius 3 is 2.78 bits per heavy atom. The zero-order valence-electron chi connectivity index (χ0n) is 12.7. The molecule has 23 heavy (non-hydrogen) atoms. The Balaban J connectivity index is 1.81. The lowest BCUT2D eigenvalue weighted by atomic mass is 10.2. The smallest absolute Gasteiger partial charge is 0.273 e. The van der Waals surface area contributed by atoms with Gasteiger partial charge in [0.2, 0.25) is 0 Å². The first kappa shape index (κ1) is 15.4. The van der Waals surface area contributed by atoms with Crippen molar-refractivity contribution in [1.82, 2.24) is 9.88 Å². The van der Waals surface area contributed by atoms with Gasteiger partial charge in [0, 0.05) is 24.0 Å². The molecule has 118 valence electrons. The lowest BCUT2D eigenvalue weighted by molar-refractivity contribution is 0.0778. The zero-order valence-corrected chi connectivity index (χ0v) is 13.6. The van der Waals surface area contributed by atoms with E-state index in [1.54, 1.807) is 43.6 Å². The lowest BCUT2D eigenvalue weighted by Crippen LogP contribution is -2.27. The van der Waals surface area contributed by atoms with Gasteiger partial charge in [-0.25, -0.2) is 9.37 Å². The highest BCUT2D eigenvalue weighted by atomic mass is 32.1. The maximum absolute atomic E-state index is 13.7. The maximum atomic E-state index is 13.7. The van der Waals surface area contributed by atoms with Crippen LogP contribution in [0.15, 0.2) is 47.1 Å². The fourth-order valence-electron chi connectivity index (χ4n) is 2.24. The normalized spacial score (nSPS) is 10.7. The number of hydrogen-bond acceptors (Lipinski definition) is 4. The van der Waals surface area contributed by atoms with Crippen LogP contribution in [0.5, 0.6) is 0 Å². The number of amides is 1. The van der Waals surface area contributed by atoms with Crippen LogP contribution in [0, 0.1) is 12.7 Å². The van der Waals surface area contributed by atoms with Crippen molar-refractivity contribution >= 4 is 17.2 Å². The van der Waals surface area contributed by atoms with Crippen LogP contribution >= 0.6 is 11.3 Å². The van der Waals surface area contributed by atoms with Crippen molar-refractivity contribution in [3.8, 4) is 10.8 Å². The van der Waals surface area contributed by atoms with Gasteiger partial charge in [0.25, 0.3) is 5.91 Å². The molecule has 1 aromatic carbocycles. The van der Waals surface area contributed by atoms with Crippen molar-refractivity contribution < 1.29 is 13.6 Å². The molecule has 2 heterocycles. The molecule has 0 aliphatic rings. The van der Waals surface area contributed by atoms with E-state index < -0.39 is 0 Å². The Morgan fingerprint density at radius 1 is 1.30 bits per heavy atom. The average Bonchev–Trinajstić information content (AvgIpc) is 3.18. The summed E-state index contributed by atoms with van der Waals surface area (Å²) >= 11 is 1.40. The Kier molecular flexibility index (Phi) is 4.25. The highest BCUT2D eigenvalue weighted by Crippen LogP contribution is 2.28. The lowest BCUT2D eigenvalue weighted by Gasteiger charge is -2.16. The van der Waals surface area contributed by atoms with Gasteiger partial charge in [-0.05, 0) is 25.1 Å². The molecule has 4 nitrogen and oxygen atoms in total. The summed E-state index contributed by atoms with van der Waals surface area (Å²) in [5.41, 5.74) is 0.850. The summed E-state index contributed by atoms with van der Waals surface area (Å²) in [7, 11) is 1.64. The van der Waals surface area contributed by atoms with E-state index in [2.05, 4.69) is 4.98 Å². The Morgan fingerprint density at radius 2 is 2.09 bits per heavy atom. The van der Waals surface area contributed by atoms with Crippen molar-refractivity contribution in [2.45, 2.75) is 13.5 Å². The molecule has 3 rings (SSSR count). The summed E-state index contributed by atoms with van der Waals surface area (Å²) in [4.78, 5) is 19.2. The van der Waals surface area contributed by atoms with Gasteiger partial charge in [0.05, 0.1) is 6.26 Å². The number of nitrogens with zero attached hydrogens (tertiary/aromatic N) is 2. The van der Waals surface area contributed by atoms with E-state index in [1.807, 2.05) is 6.92 Å². The van der Waals surface area contributed by atoms with Crippen molar-refractivity contribution in [3.63, 3.8) is 0 Å². The van der Waals surface area contributed by atoms with E-state index >= 15 is 0 Å². The topological polar surface area (TPSA) is 46.3 Å². The number of hydrogen-bond donors (Lipinski definition) is 0. The fourth-order valence-corrected chi connectivity index (χ4v) is 3.11. The van der Waals surface area contributed by atoms with Crippen LogP contribution in [0.2, 0.25) is 0 Å². The summed E-state index contributed by atoms with van der Waals surface area (Å²) in [6.45, 7) is 2.03. The molecule has 0 N–H and O–H groups in total. The zero-order chi connectivity index (χ0) is 16.4. The first-order chi connectivity index (χ1) is 11.1. The average molecular weight is 330 g/mol. The molecule has 0 aliphatic carbocycles. The minimum atomic E-state index is -0.321. The first-order valence-corrected chi connectivity index (χ1v) is 7.88. The van der Waals surface area contributed by atoms with E-state index in [0.29, 0.717) is 22.0 Å². The third-order valence-corrected chi connectivity index (χ3v) is 4.43. The molecule has 1 amide bonds. The van der Waals surface area contributed by atoms with E-state index in [1.165, 1.54) is 22.3 Å². The van der Waals surface area contributed by atoms with E-state index in [-0.39, 0.29) is 18.3 Å². The van der Waals surface area contributed by atoms with Gasteiger partial charge in [0.15, 0.2) is 10.8 Å². The Bertz CT molecular complexity index is 827. The standard InChI is InChI=1S/C17H15FN2O2S/c1-11-15(19-16(23-11)14-8-5-9-22-14)17(21)20(2)10-12-6-3-4-7-13(12)18/h3-9H,10H2,1-2H3. The number of rotatable bonds is 4. The summed E-state index contributed by atoms with van der Waals surface area (Å²) < 4.78 is 19.0. The van der Waals surface area contributed by atoms with Crippen molar-refractivity contribution in [2.24, 2.45) is 0 Å². The molecule has 3 aromatic rings. The third-order valence-electron chi connectivity index (χ3n) is 3.44. The van der Waals surface area contributed by atoms with Crippen LogP contribution in [0.25, 0.3) is 10.8 Å². The molecular formula is C17H15FN2O2S. The van der Waals surface area contributed by atoms with Crippen LogP contribution in [0.3, 0.4) is 0 Å². The Labute approximate surface area is 137 Å². The maximum Gasteiger partial charge on any atom is 0.273 e. The molecule has 0 aliphatic heterocycles. The van der Waals surface area contributed by atoms with Crippen LogP contribution in [0.4, 0.5) is 4.39 Å². The second-order valence-electron chi connectivity index (χ2n) is 5.15. The summed E-state index contributed by atoms with van der Waals surface area (Å²) in [6, 6.07) is 10.0. The minimum Gasteiger partial charge on any atom is -0.462 e. The van der Waals surface area contributed by atoms with Crippen molar-refractivity contribution in [2.75, 3.05) is 7.05 Å². The summed E-state index contributed by atoms with van der Waals surface area (Å²) in [5, 5.41) is 0.662. The number of benzene rings is 1. The largest absolute Gasteiger partial charge is 0.462 e.